The van der Waals surface area contributed by atoms with E-state index >= 15 is 0 Å². The molecule has 0 saturated carbocycles. The van der Waals surface area contributed by atoms with Crippen LogP contribution in [0.15, 0.2) is 30.3 Å². The number of hydrogen-bond acceptors (Lipinski definition) is 3. The summed E-state index contributed by atoms with van der Waals surface area (Å²) in [5.74, 6) is -0.470. The Balaban J connectivity index is 2.79. The van der Waals surface area contributed by atoms with Crippen molar-refractivity contribution < 1.29 is 13.2 Å². The molecule has 0 bridgehead atoms. The van der Waals surface area contributed by atoms with Crippen LogP contribution in [0, 0.1) is 0 Å². The standard InChI is InChI=1S/C9H10ClNO3S/c1-15(13,14)11-9(10)8(12)7-5-3-2-4-6-7/h2-6,9,11H,1H3. The minimum absolute atomic E-state index is 0.369. The average Bonchev–Trinajstić information content (AvgIpc) is 2.15. The number of benzene rings is 1. The number of sulfonamides is 1. The number of alkyl halides is 1. The topological polar surface area (TPSA) is 63.2 Å². The van der Waals surface area contributed by atoms with E-state index in [1.54, 1.807) is 30.3 Å². The zero-order chi connectivity index (χ0) is 11.5. The molecule has 0 heterocycles. The molecule has 1 rings (SSSR count). The highest BCUT2D eigenvalue weighted by Crippen LogP contribution is 2.06. The highest BCUT2D eigenvalue weighted by molar-refractivity contribution is 7.88. The van der Waals surface area contributed by atoms with Gasteiger partial charge in [0, 0.05) is 5.56 Å². The Hall–Kier alpha value is -0.910. The molecule has 0 radical (unpaired) electrons. The Bertz CT molecular complexity index is 444. The predicted molar refractivity (Wildman–Crippen MR) is 58.4 cm³/mol. The predicted octanol–water partition coefficient (Wildman–Crippen LogP) is 0.983. The van der Waals surface area contributed by atoms with Gasteiger partial charge >= 0.3 is 0 Å². The Morgan fingerprint density at radius 3 is 2.33 bits per heavy atom. The first-order valence-corrected chi connectivity index (χ1v) is 6.43. The van der Waals surface area contributed by atoms with E-state index in [0.29, 0.717) is 5.56 Å². The molecule has 82 valence electrons. The summed E-state index contributed by atoms with van der Waals surface area (Å²) in [5, 5.41) is 0. The quantitative estimate of drug-likeness (QED) is 0.490. The van der Waals surface area contributed by atoms with Crippen molar-refractivity contribution in [2.75, 3.05) is 6.26 Å². The van der Waals surface area contributed by atoms with E-state index in [2.05, 4.69) is 0 Å². The van der Waals surface area contributed by atoms with Gasteiger partial charge in [0.1, 0.15) is 0 Å². The number of carbonyl (C=O) groups is 1. The fourth-order valence-corrected chi connectivity index (χ4v) is 2.08. The molecular weight excluding hydrogens is 238 g/mol. The second-order valence-corrected chi connectivity index (χ2v) is 5.20. The van der Waals surface area contributed by atoms with Gasteiger partial charge in [-0.25, -0.2) is 8.42 Å². The molecule has 0 fully saturated rings. The van der Waals surface area contributed by atoms with Crippen molar-refractivity contribution in [3.05, 3.63) is 35.9 Å². The SMILES string of the molecule is CS(=O)(=O)NC(Cl)C(=O)c1ccccc1. The summed E-state index contributed by atoms with van der Waals surface area (Å²) in [6.07, 6.45) is 0.945. The van der Waals surface area contributed by atoms with E-state index in [-0.39, 0.29) is 0 Å². The van der Waals surface area contributed by atoms with Crippen LogP contribution in [0.25, 0.3) is 0 Å². The maximum atomic E-state index is 11.6. The van der Waals surface area contributed by atoms with Gasteiger partial charge in [0.05, 0.1) is 6.26 Å². The normalized spacial score (nSPS) is 13.5. The van der Waals surface area contributed by atoms with Crippen molar-refractivity contribution in [1.82, 2.24) is 4.72 Å². The van der Waals surface area contributed by atoms with Crippen LogP contribution in [-0.4, -0.2) is 26.0 Å². The average molecular weight is 248 g/mol. The van der Waals surface area contributed by atoms with Gasteiger partial charge in [0.15, 0.2) is 11.3 Å². The molecule has 15 heavy (non-hydrogen) atoms. The van der Waals surface area contributed by atoms with E-state index in [9.17, 15) is 13.2 Å². The second-order valence-electron chi connectivity index (χ2n) is 2.98. The summed E-state index contributed by atoms with van der Waals surface area (Å²) in [7, 11) is -3.48. The van der Waals surface area contributed by atoms with E-state index < -0.39 is 21.3 Å². The molecule has 1 N–H and O–H groups in total. The molecule has 6 heteroatoms. The third-order valence-electron chi connectivity index (χ3n) is 1.61. The van der Waals surface area contributed by atoms with Crippen LogP contribution in [0.2, 0.25) is 0 Å². The van der Waals surface area contributed by atoms with Crippen molar-refractivity contribution in [2.45, 2.75) is 5.50 Å². The number of rotatable bonds is 4. The fraction of sp³-hybridized carbons (Fsp3) is 0.222. The van der Waals surface area contributed by atoms with Crippen LogP contribution in [0.5, 0.6) is 0 Å². The molecule has 1 unspecified atom stereocenters. The Kier molecular flexibility index (Phi) is 3.84. The monoisotopic (exact) mass is 247 g/mol. The summed E-state index contributed by atoms with van der Waals surface area (Å²) in [6.45, 7) is 0. The molecule has 0 spiro atoms. The lowest BCUT2D eigenvalue weighted by Crippen LogP contribution is -2.35. The molecule has 1 aromatic carbocycles. The first-order chi connectivity index (χ1) is 6.90. The molecule has 1 atom stereocenters. The van der Waals surface area contributed by atoms with Gasteiger partial charge in [-0.05, 0) is 0 Å². The van der Waals surface area contributed by atoms with Crippen LogP contribution in [-0.2, 0) is 10.0 Å². The van der Waals surface area contributed by atoms with E-state index in [0.717, 1.165) is 6.26 Å². The van der Waals surface area contributed by atoms with Gasteiger partial charge in [-0.2, -0.15) is 4.72 Å². The summed E-state index contributed by atoms with van der Waals surface area (Å²) >= 11 is 5.61. The third-order valence-corrected chi connectivity index (χ3v) is 2.71. The highest BCUT2D eigenvalue weighted by Gasteiger charge is 2.20. The van der Waals surface area contributed by atoms with Gasteiger partial charge in [0.25, 0.3) is 0 Å². The smallest absolute Gasteiger partial charge is 0.210 e. The number of Topliss-reactive ketones (excluding diaryl/α,β-unsaturated/α-hetero) is 1. The first kappa shape index (κ1) is 12.2. The zero-order valence-corrected chi connectivity index (χ0v) is 9.55. The number of carbonyl (C=O) groups excluding carboxylic acids is 1. The third kappa shape index (κ3) is 3.99. The van der Waals surface area contributed by atoms with Crippen molar-refractivity contribution >= 4 is 27.4 Å². The Morgan fingerprint density at radius 1 is 1.33 bits per heavy atom. The maximum Gasteiger partial charge on any atom is 0.210 e. The molecular formula is C9H10ClNO3S. The van der Waals surface area contributed by atoms with Crippen molar-refractivity contribution in [2.24, 2.45) is 0 Å². The van der Waals surface area contributed by atoms with Crippen LogP contribution >= 0.6 is 11.6 Å². The summed E-state index contributed by atoms with van der Waals surface area (Å²) in [4.78, 5) is 11.6. The number of halogens is 1. The van der Waals surface area contributed by atoms with Crippen LogP contribution in [0.4, 0.5) is 0 Å². The van der Waals surface area contributed by atoms with E-state index in [4.69, 9.17) is 11.6 Å². The first-order valence-electron chi connectivity index (χ1n) is 4.11. The second kappa shape index (κ2) is 4.74. The summed E-state index contributed by atoms with van der Waals surface area (Å²) < 4.78 is 23.7. The Morgan fingerprint density at radius 2 is 1.87 bits per heavy atom. The molecule has 4 nitrogen and oxygen atoms in total. The minimum atomic E-state index is -3.48. The van der Waals surface area contributed by atoms with Gasteiger partial charge in [-0.15, -0.1) is 0 Å². The molecule has 0 aliphatic carbocycles. The lowest BCUT2D eigenvalue weighted by molar-refractivity contribution is 0.0983. The molecule has 1 aromatic rings. The number of nitrogens with one attached hydrogen (secondary N) is 1. The number of ketones is 1. The lowest BCUT2D eigenvalue weighted by atomic mass is 10.1. The molecule has 0 amide bonds. The van der Waals surface area contributed by atoms with Gasteiger partial charge in [-0.3, -0.25) is 4.79 Å². The molecule has 0 saturated heterocycles. The van der Waals surface area contributed by atoms with Crippen LogP contribution in [0.1, 0.15) is 10.4 Å². The lowest BCUT2D eigenvalue weighted by Gasteiger charge is -2.08. The molecule has 0 aliphatic heterocycles. The highest BCUT2D eigenvalue weighted by atomic mass is 35.5. The van der Waals surface area contributed by atoms with Crippen molar-refractivity contribution in [3.8, 4) is 0 Å². The van der Waals surface area contributed by atoms with Crippen molar-refractivity contribution in [3.63, 3.8) is 0 Å². The Labute approximate surface area is 93.3 Å². The molecule has 0 aliphatic rings. The van der Waals surface area contributed by atoms with Gasteiger partial charge in [-0.1, -0.05) is 41.9 Å². The maximum absolute atomic E-state index is 11.6. The van der Waals surface area contributed by atoms with Crippen LogP contribution in [0.3, 0.4) is 0 Å². The minimum Gasteiger partial charge on any atom is -0.291 e. The molecule has 0 aromatic heterocycles. The van der Waals surface area contributed by atoms with E-state index in [1.165, 1.54) is 0 Å². The summed E-state index contributed by atoms with van der Waals surface area (Å²) in [5.41, 5.74) is -0.893. The fourth-order valence-electron chi connectivity index (χ4n) is 0.990. The van der Waals surface area contributed by atoms with Gasteiger partial charge in [0.2, 0.25) is 10.0 Å². The summed E-state index contributed by atoms with van der Waals surface area (Å²) in [6, 6.07) is 8.25. The van der Waals surface area contributed by atoms with E-state index in [1.807, 2.05) is 4.72 Å². The van der Waals surface area contributed by atoms with Gasteiger partial charge < -0.3 is 0 Å². The largest absolute Gasteiger partial charge is 0.291 e. The number of hydrogen-bond donors (Lipinski definition) is 1. The van der Waals surface area contributed by atoms with Crippen LogP contribution < -0.4 is 4.72 Å². The zero-order valence-electron chi connectivity index (χ0n) is 7.98. The van der Waals surface area contributed by atoms with Crippen molar-refractivity contribution in [1.29, 1.82) is 0 Å².